The predicted octanol–water partition coefficient (Wildman–Crippen LogP) is 4.65. The molecule has 0 aliphatic heterocycles. The van der Waals surface area contributed by atoms with E-state index >= 15 is 0 Å². The molecule has 0 radical (unpaired) electrons. The van der Waals surface area contributed by atoms with Crippen molar-refractivity contribution in [1.29, 1.82) is 0 Å². The van der Waals surface area contributed by atoms with Crippen LogP contribution < -0.4 is 22.4 Å². The summed E-state index contributed by atoms with van der Waals surface area (Å²) in [5.74, 6) is 5.03. The Morgan fingerprint density at radius 3 is 2.42 bits per heavy atom. The second-order valence-electron chi connectivity index (χ2n) is 8.45. The SMILES string of the molecule is CC(C)(C)Sc1ccc(-c2ccccc2/C(N)=N/NN)cc1NC(=O)Cc1ccc(F)cc1. The number of benzene rings is 3. The molecule has 0 unspecified atom stereocenters. The van der Waals surface area contributed by atoms with Crippen molar-refractivity contribution in [3.05, 3.63) is 83.7 Å². The normalized spacial score (nSPS) is 11.8. The topological polar surface area (TPSA) is 106 Å². The third-order valence-electron chi connectivity index (χ3n) is 4.65. The molecule has 0 aliphatic carbocycles. The first-order chi connectivity index (χ1) is 15.7. The first-order valence-corrected chi connectivity index (χ1v) is 11.2. The molecule has 6 nitrogen and oxygen atoms in total. The van der Waals surface area contributed by atoms with Crippen molar-refractivity contribution in [1.82, 2.24) is 5.53 Å². The van der Waals surface area contributed by atoms with Crippen LogP contribution in [-0.4, -0.2) is 16.5 Å². The summed E-state index contributed by atoms with van der Waals surface area (Å²) in [4.78, 5) is 13.8. The lowest BCUT2D eigenvalue weighted by Crippen LogP contribution is -2.23. The molecule has 3 aromatic carbocycles. The molecule has 0 atom stereocenters. The van der Waals surface area contributed by atoms with E-state index in [1.807, 2.05) is 42.5 Å². The molecular formula is C25H28FN5OS. The second kappa shape index (κ2) is 10.5. The zero-order valence-electron chi connectivity index (χ0n) is 18.9. The molecule has 0 saturated carbocycles. The highest BCUT2D eigenvalue weighted by Gasteiger charge is 2.18. The molecule has 172 valence electrons. The number of nitrogens with one attached hydrogen (secondary N) is 2. The Balaban J connectivity index is 1.97. The number of rotatable bonds is 7. The predicted molar refractivity (Wildman–Crippen MR) is 134 cm³/mol. The minimum absolute atomic E-state index is 0.0558. The van der Waals surface area contributed by atoms with Crippen LogP contribution in [0.1, 0.15) is 31.9 Å². The van der Waals surface area contributed by atoms with Gasteiger partial charge in [0, 0.05) is 15.2 Å². The van der Waals surface area contributed by atoms with Gasteiger partial charge in [0.2, 0.25) is 5.91 Å². The monoisotopic (exact) mass is 465 g/mol. The minimum atomic E-state index is -0.331. The number of hydrazone groups is 1. The van der Waals surface area contributed by atoms with Crippen molar-refractivity contribution in [2.45, 2.75) is 36.8 Å². The number of hydrazine groups is 1. The molecule has 6 N–H and O–H groups in total. The summed E-state index contributed by atoms with van der Waals surface area (Å²) >= 11 is 1.66. The summed E-state index contributed by atoms with van der Waals surface area (Å²) in [5.41, 5.74) is 12.2. The highest BCUT2D eigenvalue weighted by molar-refractivity contribution is 8.00. The van der Waals surface area contributed by atoms with Gasteiger partial charge < -0.3 is 11.1 Å². The summed E-state index contributed by atoms with van der Waals surface area (Å²) in [6.45, 7) is 6.34. The van der Waals surface area contributed by atoms with Gasteiger partial charge in [0.05, 0.1) is 12.1 Å². The first kappa shape index (κ1) is 24.3. The van der Waals surface area contributed by atoms with Gasteiger partial charge in [0.1, 0.15) is 5.82 Å². The molecule has 3 rings (SSSR count). The van der Waals surface area contributed by atoms with Gasteiger partial charge in [-0.15, -0.1) is 16.9 Å². The summed E-state index contributed by atoms with van der Waals surface area (Å²) in [6, 6.07) is 19.4. The van der Waals surface area contributed by atoms with E-state index in [1.54, 1.807) is 23.9 Å². The highest BCUT2D eigenvalue weighted by atomic mass is 32.2. The van der Waals surface area contributed by atoms with Crippen molar-refractivity contribution >= 4 is 29.2 Å². The van der Waals surface area contributed by atoms with Crippen LogP contribution in [0.25, 0.3) is 11.1 Å². The Labute approximate surface area is 197 Å². The molecule has 0 bridgehead atoms. The molecule has 33 heavy (non-hydrogen) atoms. The third-order valence-corrected chi connectivity index (χ3v) is 5.84. The smallest absolute Gasteiger partial charge is 0.228 e. The number of anilines is 1. The van der Waals surface area contributed by atoms with E-state index < -0.39 is 0 Å². The van der Waals surface area contributed by atoms with Gasteiger partial charge in [-0.3, -0.25) is 4.79 Å². The number of hydrogen-bond acceptors (Lipinski definition) is 5. The number of nitrogens with two attached hydrogens (primary N) is 2. The number of hydrogen-bond donors (Lipinski definition) is 4. The average molecular weight is 466 g/mol. The average Bonchev–Trinajstić information content (AvgIpc) is 2.76. The van der Waals surface area contributed by atoms with Crippen LogP contribution in [0, 0.1) is 5.82 Å². The molecule has 0 spiro atoms. The third kappa shape index (κ3) is 6.81. The van der Waals surface area contributed by atoms with Crippen LogP contribution in [0.4, 0.5) is 10.1 Å². The largest absolute Gasteiger partial charge is 0.382 e. The summed E-state index contributed by atoms with van der Waals surface area (Å²) in [7, 11) is 0. The number of halogens is 1. The van der Waals surface area contributed by atoms with Gasteiger partial charge in [-0.1, -0.05) is 63.2 Å². The number of carbonyl (C=O) groups excluding carboxylic acids is 1. The lowest BCUT2D eigenvalue weighted by Gasteiger charge is -2.21. The molecule has 1 amide bonds. The van der Waals surface area contributed by atoms with E-state index in [4.69, 9.17) is 11.6 Å². The summed E-state index contributed by atoms with van der Waals surface area (Å²) in [5, 5.41) is 6.93. The van der Waals surface area contributed by atoms with Gasteiger partial charge in [0.25, 0.3) is 0 Å². The van der Waals surface area contributed by atoms with Crippen LogP contribution in [0.3, 0.4) is 0 Å². The summed E-state index contributed by atoms with van der Waals surface area (Å²) < 4.78 is 13.1. The summed E-state index contributed by atoms with van der Waals surface area (Å²) in [6.07, 6.45) is 0.141. The van der Waals surface area contributed by atoms with Gasteiger partial charge in [-0.05, 0) is 41.0 Å². The fourth-order valence-corrected chi connectivity index (χ4v) is 4.30. The number of amides is 1. The van der Waals surface area contributed by atoms with Crippen molar-refractivity contribution in [3.63, 3.8) is 0 Å². The molecule has 0 aliphatic rings. The van der Waals surface area contributed by atoms with Crippen LogP contribution in [0.15, 0.2) is 76.7 Å². The Kier molecular flexibility index (Phi) is 7.73. The maximum atomic E-state index is 13.2. The standard InChI is InChI=1S/C25H28FN5OS/c1-25(2,3)33-22-13-10-17(19-6-4-5-7-20(19)24(27)30-31-28)15-21(22)29-23(32)14-16-8-11-18(26)12-9-16/h4-13,15,31H,14,28H2,1-3H3,(H2,27,30)(H,29,32). The van der Waals surface area contributed by atoms with Gasteiger partial charge >= 0.3 is 0 Å². The molecule has 3 aromatic rings. The Hall–Kier alpha value is -3.36. The zero-order valence-corrected chi connectivity index (χ0v) is 19.7. The zero-order chi connectivity index (χ0) is 24.0. The van der Waals surface area contributed by atoms with E-state index in [0.29, 0.717) is 5.69 Å². The fourth-order valence-electron chi connectivity index (χ4n) is 3.28. The van der Waals surface area contributed by atoms with E-state index in [0.717, 1.165) is 27.1 Å². The minimum Gasteiger partial charge on any atom is -0.382 e. The molecule has 0 fully saturated rings. The maximum absolute atomic E-state index is 13.2. The number of thioether (sulfide) groups is 1. The Morgan fingerprint density at radius 2 is 1.76 bits per heavy atom. The van der Waals surface area contributed by atoms with Crippen molar-refractivity contribution in [2.75, 3.05) is 5.32 Å². The molecule has 0 heterocycles. The number of amidine groups is 1. The van der Waals surface area contributed by atoms with Crippen molar-refractivity contribution in [2.24, 2.45) is 16.7 Å². The van der Waals surface area contributed by atoms with Crippen molar-refractivity contribution < 1.29 is 9.18 Å². The maximum Gasteiger partial charge on any atom is 0.228 e. The van der Waals surface area contributed by atoms with Crippen LogP contribution >= 0.6 is 11.8 Å². The quantitative estimate of drug-likeness (QED) is 0.134. The van der Waals surface area contributed by atoms with E-state index in [2.05, 4.69) is 36.7 Å². The van der Waals surface area contributed by atoms with Crippen LogP contribution in [0.2, 0.25) is 0 Å². The Bertz CT molecular complexity index is 1160. The molecular weight excluding hydrogens is 437 g/mol. The first-order valence-electron chi connectivity index (χ1n) is 10.4. The van der Waals surface area contributed by atoms with Crippen molar-refractivity contribution in [3.8, 4) is 11.1 Å². The number of nitrogens with zero attached hydrogens (tertiary/aromatic N) is 1. The van der Waals surface area contributed by atoms with Gasteiger partial charge in [0.15, 0.2) is 5.84 Å². The fraction of sp³-hybridized carbons (Fsp3) is 0.200. The lowest BCUT2D eigenvalue weighted by molar-refractivity contribution is -0.115. The lowest BCUT2D eigenvalue weighted by atomic mass is 9.98. The highest BCUT2D eigenvalue weighted by Crippen LogP contribution is 2.39. The second-order valence-corrected chi connectivity index (χ2v) is 10.3. The molecule has 8 heteroatoms. The molecule has 0 aromatic heterocycles. The number of carbonyl (C=O) groups is 1. The molecule has 0 saturated heterocycles. The van der Waals surface area contributed by atoms with Gasteiger partial charge in [-0.25, -0.2) is 15.8 Å². The van der Waals surface area contributed by atoms with E-state index in [1.165, 1.54) is 12.1 Å². The van der Waals surface area contributed by atoms with Gasteiger partial charge in [-0.2, -0.15) is 0 Å². The van der Waals surface area contributed by atoms with E-state index in [9.17, 15) is 9.18 Å². The van der Waals surface area contributed by atoms with Crippen LogP contribution in [-0.2, 0) is 11.2 Å². The van der Waals surface area contributed by atoms with E-state index in [-0.39, 0.29) is 28.7 Å². The Morgan fingerprint density at radius 1 is 1.06 bits per heavy atom. The van der Waals surface area contributed by atoms with Crippen LogP contribution in [0.5, 0.6) is 0 Å².